The Bertz CT molecular complexity index is 438. The molecule has 0 aliphatic carbocycles. The summed E-state index contributed by atoms with van der Waals surface area (Å²) >= 11 is 0.959. The van der Waals surface area contributed by atoms with Crippen LogP contribution in [0.4, 0.5) is 0 Å². The Morgan fingerprint density at radius 3 is 3.17 bits per heavy atom. The van der Waals surface area contributed by atoms with E-state index in [2.05, 4.69) is 9.36 Å². The van der Waals surface area contributed by atoms with E-state index in [4.69, 9.17) is 5.11 Å². The van der Waals surface area contributed by atoms with Gasteiger partial charge < -0.3 is 5.11 Å². The van der Waals surface area contributed by atoms with E-state index in [0.717, 1.165) is 11.5 Å². The topological polar surface area (TPSA) is 63.1 Å². The molecule has 0 spiro atoms. The van der Waals surface area contributed by atoms with E-state index in [1.54, 1.807) is 18.3 Å². The number of carboxylic acid groups (broad SMARTS) is 1. The highest BCUT2D eigenvalue weighted by molar-refractivity contribution is 7.09. The van der Waals surface area contributed by atoms with Crippen molar-refractivity contribution in [2.45, 2.75) is 0 Å². The molecule has 0 fully saturated rings. The van der Waals surface area contributed by atoms with Crippen LogP contribution in [0.2, 0.25) is 0 Å². The first-order chi connectivity index (χ1) is 5.79. The minimum absolute atomic E-state index is 0.200. The van der Waals surface area contributed by atoms with Crippen molar-refractivity contribution < 1.29 is 9.90 Å². The number of aromatic nitrogens is 2. The molecule has 0 amide bonds. The molecule has 0 saturated carbocycles. The van der Waals surface area contributed by atoms with E-state index in [9.17, 15) is 4.79 Å². The van der Waals surface area contributed by atoms with Gasteiger partial charge in [-0.25, -0.2) is 4.79 Å². The van der Waals surface area contributed by atoms with Gasteiger partial charge in [-0.15, -0.1) is 0 Å². The number of hydrogen-bond donors (Lipinski definition) is 1. The van der Waals surface area contributed by atoms with E-state index in [1.165, 1.54) is 0 Å². The minimum atomic E-state index is -0.971. The predicted octanol–water partition coefficient (Wildman–Crippen LogP) is 1.39. The van der Waals surface area contributed by atoms with Crippen LogP contribution in [0.5, 0.6) is 0 Å². The van der Waals surface area contributed by atoms with Gasteiger partial charge in [-0.3, -0.25) is 4.98 Å². The lowest BCUT2D eigenvalue weighted by Crippen LogP contribution is -1.92. The molecule has 1 N–H and O–H groups in total. The Kier molecular flexibility index (Phi) is 1.51. The van der Waals surface area contributed by atoms with E-state index in [-0.39, 0.29) is 4.88 Å². The number of aromatic carboxylic acids is 1. The molecule has 0 aromatic carbocycles. The molecule has 0 saturated heterocycles. The Balaban J connectivity index is 2.79. The molecule has 2 aromatic rings. The quantitative estimate of drug-likeness (QED) is 0.720. The van der Waals surface area contributed by atoms with Crippen LogP contribution in [0, 0.1) is 0 Å². The second-order valence-electron chi connectivity index (χ2n) is 2.19. The lowest BCUT2D eigenvalue weighted by Gasteiger charge is -1.86. The van der Waals surface area contributed by atoms with Gasteiger partial charge in [0.05, 0.1) is 0 Å². The summed E-state index contributed by atoms with van der Waals surface area (Å²) < 4.78 is 3.94. The van der Waals surface area contributed by atoms with Crippen LogP contribution in [-0.2, 0) is 0 Å². The molecule has 2 heterocycles. The molecule has 4 nitrogen and oxygen atoms in total. The molecule has 60 valence electrons. The van der Waals surface area contributed by atoms with Crippen molar-refractivity contribution in [2.75, 3.05) is 0 Å². The third-order valence-electron chi connectivity index (χ3n) is 1.43. The summed E-state index contributed by atoms with van der Waals surface area (Å²) in [7, 11) is 0. The largest absolute Gasteiger partial charge is 0.477 e. The SMILES string of the molecule is O=C(O)c1snc2cccnc12. The minimum Gasteiger partial charge on any atom is -0.477 e. The zero-order valence-corrected chi connectivity index (χ0v) is 6.71. The van der Waals surface area contributed by atoms with Crippen molar-refractivity contribution in [2.24, 2.45) is 0 Å². The van der Waals surface area contributed by atoms with Crippen molar-refractivity contribution in [1.82, 2.24) is 9.36 Å². The number of rotatable bonds is 1. The molecule has 5 heteroatoms. The van der Waals surface area contributed by atoms with Gasteiger partial charge in [0.15, 0.2) is 4.88 Å². The van der Waals surface area contributed by atoms with Crippen LogP contribution in [0.15, 0.2) is 18.3 Å². The van der Waals surface area contributed by atoms with Crippen molar-refractivity contribution in [3.63, 3.8) is 0 Å². The maximum absolute atomic E-state index is 10.6. The van der Waals surface area contributed by atoms with E-state index in [0.29, 0.717) is 11.0 Å². The lowest BCUT2D eigenvalue weighted by molar-refractivity contribution is 0.0704. The van der Waals surface area contributed by atoms with Crippen molar-refractivity contribution in [3.8, 4) is 0 Å². The molecular weight excluding hydrogens is 176 g/mol. The molecule has 12 heavy (non-hydrogen) atoms. The number of pyridine rings is 1. The summed E-state index contributed by atoms with van der Waals surface area (Å²) in [4.78, 5) is 14.7. The third kappa shape index (κ3) is 0.947. The van der Waals surface area contributed by atoms with Gasteiger partial charge in [-0.1, -0.05) is 0 Å². The van der Waals surface area contributed by atoms with Gasteiger partial charge in [0.25, 0.3) is 0 Å². The molecule has 0 atom stereocenters. The highest BCUT2D eigenvalue weighted by Gasteiger charge is 2.12. The fourth-order valence-corrected chi connectivity index (χ4v) is 1.58. The van der Waals surface area contributed by atoms with Crippen LogP contribution in [0.1, 0.15) is 9.67 Å². The van der Waals surface area contributed by atoms with Crippen LogP contribution in [-0.4, -0.2) is 20.4 Å². The predicted molar refractivity (Wildman–Crippen MR) is 44.4 cm³/mol. The fraction of sp³-hybridized carbons (Fsp3) is 0. The molecule has 0 aliphatic heterocycles. The monoisotopic (exact) mass is 180 g/mol. The summed E-state index contributed by atoms with van der Waals surface area (Å²) in [6.07, 6.45) is 1.56. The molecule has 2 rings (SSSR count). The lowest BCUT2D eigenvalue weighted by atomic mass is 10.3. The first-order valence-corrected chi connectivity index (χ1v) is 4.00. The second-order valence-corrected chi connectivity index (χ2v) is 2.96. The Morgan fingerprint density at radius 2 is 2.42 bits per heavy atom. The maximum Gasteiger partial charge on any atom is 0.349 e. The van der Waals surface area contributed by atoms with Crippen molar-refractivity contribution in [3.05, 3.63) is 23.2 Å². The first-order valence-electron chi connectivity index (χ1n) is 3.23. The molecule has 0 radical (unpaired) electrons. The summed E-state index contributed by atoms with van der Waals surface area (Å²) in [5.41, 5.74) is 1.11. The zero-order valence-electron chi connectivity index (χ0n) is 5.89. The van der Waals surface area contributed by atoms with Crippen molar-refractivity contribution >= 4 is 28.5 Å². The number of hydrogen-bond acceptors (Lipinski definition) is 4. The smallest absolute Gasteiger partial charge is 0.349 e. The number of carbonyl (C=O) groups is 1. The Hall–Kier alpha value is -1.49. The standard InChI is InChI=1S/C7H4N2O2S/c10-7(11)6-5-4(9-12-6)2-1-3-8-5/h1-3H,(H,10,11). The summed E-state index contributed by atoms with van der Waals surface area (Å²) in [6.45, 7) is 0. The highest BCUT2D eigenvalue weighted by Crippen LogP contribution is 2.18. The van der Waals surface area contributed by atoms with Crippen LogP contribution < -0.4 is 0 Å². The van der Waals surface area contributed by atoms with E-state index in [1.807, 2.05) is 0 Å². The average Bonchev–Trinajstić information content (AvgIpc) is 2.47. The van der Waals surface area contributed by atoms with E-state index >= 15 is 0 Å². The number of fused-ring (bicyclic) bond motifs is 1. The maximum atomic E-state index is 10.6. The van der Waals surface area contributed by atoms with Gasteiger partial charge >= 0.3 is 5.97 Å². The summed E-state index contributed by atoms with van der Waals surface area (Å²) in [5, 5.41) is 8.70. The molecule has 0 unspecified atom stereocenters. The number of carboxylic acids is 1. The van der Waals surface area contributed by atoms with E-state index < -0.39 is 5.97 Å². The van der Waals surface area contributed by atoms with Crippen LogP contribution in [0.3, 0.4) is 0 Å². The van der Waals surface area contributed by atoms with Gasteiger partial charge in [0, 0.05) is 6.20 Å². The second kappa shape index (κ2) is 2.53. The first kappa shape index (κ1) is 7.17. The number of nitrogens with zero attached hydrogens (tertiary/aromatic N) is 2. The summed E-state index contributed by atoms with van der Waals surface area (Å²) in [5.74, 6) is -0.971. The summed E-state index contributed by atoms with van der Waals surface area (Å²) in [6, 6.07) is 3.47. The average molecular weight is 180 g/mol. The van der Waals surface area contributed by atoms with Crippen LogP contribution >= 0.6 is 11.5 Å². The molecular formula is C7H4N2O2S. The molecule has 0 bridgehead atoms. The zero-order chi connectivity index (χ0) is 8.55. The fourth-order valence-electron chi connectivity index (χ4n) is 0.924. The third-order valence-corrected chi connectivity index (χ3v) is 2.27. The molecule has 2 aromatic heterocycles. The Labute approximate surface area is 71.7 Å². The van der Waals surface area contributed by atoms with Gasteiger partial charge in [0.2, 0.25) is 0 Å². The van der Waals surface area contributed by atoms with Gasteiger partial charge in [-0.2, -0.15) is 4.37 Å². The normalized spacial score (nSPS) is 10.3. The van der Waals surface area contributed by atoms with Gasteiger partial charge in [0.1, 0.15) is 11.0 Å². The van der Waals surface area contributed by atoms with Crippen LogP contribution in [0.25, 0.3) is 11.0 Å². The van der Waals surface area contributed by atoms with Gasteiger partial charge in [-0.05, 0) is 23.7 Å². The molecule has 0 aliphatic rings. The van der Waals surface area contributed by atoms with Crippen molar-refractivity contribution in [1.29, 1.82) is 0 Å². The highest BCUT2D eigenvalue weighted by atomic mass is 32.1. The Morgan fingerprint density at radius 1 is 1.58 bits per heavy atom.